The monoisotopic (exact) mass is 304 g/mol. The average Bonchev–Trinajstić information content (AvgIpc) is 2.41. The van der Waals surface area contributed by atoms with Crippen LogP contribution in [-0.4, -0.2) is 30.6 Å². The Hall–Kier alpha value is -2.22. The summed E-state index contributed by atoms with van der Waals surface area (Å²) in [6.45, 7) is 3.63. The van der Waals surface area contributed by atoms with Crippen molar-refractivity contribution in [1.29, 1.82) is 0 Å². The third-order valence-corrected chi connectivity index (χ3v) is 2.36. The number of nitrogens with one attached hydrogen (secondary N) is 2. The lowest BCUT2D eigenvalue weighted by Gasteiger charge is -2.14. The Balaban J connectivity index is 2.49. The first-order valence-electron chi connectivity index (χ1n) is 5.98. The summed E-state index contributed by atoms with van der Waals surface area (Å²) < 4.78 is 39.6. The number of hydrogen-bond donors (Lipinski definition) is 3. The molecule has 0 bridgehead atoms. The molecule has 1 atom stereocenters. The number of urea groups is 1. The van der Waals surface area contributed by atoms with Crippen molar-refractivity contribution in [1.82, 2.24) is 10.6 Å². The van der Waals surface area contributed by atoms with Crippen LogP contribution in [0, 0.1) is 0 Å². The maximum atomic E-state index is 12.0. The van der Waals surface area contributed by atoms with Crippen LogP contribution >= 0.6 is 0 Å². The van der Waals surface area contributed by atoms with E-state index < -0.39 is 18.5 Å². The second kappa shape index (κ2) is 7.53. The van der Waals surface area contributed by atoms with Crippen LogP contribution in [0.5, 0.6) is 5.75 Å². The summed E-state index contributed by atoms with van der Waals surface area (Å²) in [4.78, 5) is 11.2. The minimum absolute atomic E-state index is 0.0809. The summed E-state index contributed by atoms with van der Waals surface area (Å²) in [7, 11) is 0. The van der Waals surface area contributed by atoms with Gasteiger partial charge in [-0.2, -0.15) is 0 Å². The molecule has 0 fully saturated rings. The number of aliphatic hydroxyl groups is 1. The lowest BCUT2D eigenvalue weighted by molar-refractivity contribution is -0.274. The van der Waals surface area contributed by atoms with E-state index in [4.69, 9.17) is 0 Å². The first-order valence-corrected chi connectivity index (χ1v) is 5.98. The van der Waals surface area contributed by atoms with Gasteiger partial charge in [0.2, 0.25) is 0 Å². The molecule has 0 saturated heterocycles. The van der Waals surface area contributed by atoms with Gasteiger partial charge < -0.3 is 20.5 Å². The molecule has 1 aromatic rings. The molecule has 1 aromatic carbocycles. The Kier molecular flexibility index (Phi) is 6.04. The zero-order valence-electron chi connectivity index (χ0n) is 11.0. The van der Waals surface area contributed by atoms with Crippen molar-refractivity contribution in [3.05, 3.63) is 42.5 Å². The highest BCUT2D eigenvalue weighted by molar-refractivity contribution is 5.73. The second-order valence-electron chi connectivity index (χ2n) is 4.01. The molecule has 2 amide bonds. The van der Waals surface area contributed by atoms with Gasteiger partial charge in [-0.1, -0.05) is 18.2 Å². The van der Waals surface area contributed by atoms with E-state index in [1.807, 2.05) is 0 Å². The van der Waals surface area contributed by atoms with Gasteiger partial charge in [0.25, 0.3) is 0 Å². The highest BCUT2D eigenvalue weighted by Gasteiger charge is 2.31. The SMILES string of the molecule is C=CCNC(=O)NCC(O)c1ccc(OC(F)(F)F)cc1. The molecule has 0 aliphatic rings. The van der Waals surface area contributed by atoms with Crippen molar-refractivity contribution in [2.45, 2.75) is 12.5 Å². The predicted octanol–water partition coefficient (Wildman–Crippen LogP) is 2.10. The lowest BCUT2D eigenvalue weighted by atomic mass is 10.1. The second-order valence-corrected chi connectivity index (χ2v) is 4.01. The summed E-state index contributed by atoms with van der Waals surface area (Å²) in [6.07, 6.45) is -4.31. The molecule has 0 aromatic heterocycles. The van der Waals surface area contributed by atoms with E-state index in [-0.39, 0.29) is 18.8 Å². The largest absolute Gasteiger partial charge is 0.573 e. The maximum absolute atomic E-state index is 12.0. The molecule has 21 heavy (non-hydrogen) atoms. The minimum Gasteiger partial charge on any atom is -0.406 e. The number of ether oxygens (including phenoxy) is 1. The normalized spacial score (nSPS) is 12.4. The number of aliphatic hydroxyl groups excluding tert-OH is 1. The zero-order valence-corrected chi connectivity index (χ0v) is 11.0. The predicted molar refractivity (Wildman–Crippen MR) is 69.7 cm³/mol. The van der Waals surface area contributed by atoms with Crippen LogP contribution in [0.1, 0.15) is 11.7 Å². The summed E-state index contributed by atoms with van der Waals surface area (Å²) in [5, 5.41) is 14.7. The molecule has 8 heteroatoms. The number of carbonyl (C=O) groups is 1. The molecule has 5 nitrogen and oxygen atoms in total. The van der Waals surface area contributed by atoms with Gasteiger partial charge in [0, 0.05) is 13.1 Å². The molecule has 0 aliphatic carbocycles. The van der Waals surface area contributed by atoms with Gasteiger partial charge in [0.1, 0.15) is 5.75 Å². The van der Waals surface area contributed by atoms with Gasteiger partial charge in [-0.3, -0.25) is 0 Å². The van der Waals surface area contributed by atoms with Crippen molar-refractivity contribution < 1.29 is 27.8 Å². The summed E-state index contributed by atoms with van der Waals surface area (Å²) >= 11 is 0. The highest BCUT2D eigenvalue weighted by atomic mass is 19.4. The van der Waals surface area contributed by atoms with Crippen molar-refractivity contribution in [2.24, 2.45) is 0 Å². The first-order chi connectivity index (χ1) is 9.81. The summed E-state index contributed by atoms with van der Waals surface area (Å²) in [5.74, 6) is -0.380. The molecule has 0 saturated carbocycles. The molecular weight excluding hydrogens is 289 g/mol. The van der Waals surface area contributed by atoms with Crippen LogP contribution in [0.4, 0.5) is 18.0 Å². The van der Waals surface area contributed by atoms with Crippen LogP contribution in [0.25, 0.3) is 0 Å². The van der Waals surface area contributed by atoms with E-state index in [1.54, 1.807) is 0 Å². The van der Waals surface area contributed by atoms with Crippen LogP contribution < -0.4 is 15.4 Å². The van der Waals surface area contributed by atoms with E-state index in [1.165, 1.54) is 18.2 Å². The van der Waals surface area contributed by atoms with E-state index in [0.29, 0.717) is 5.56 Å². The summed E-state index contributed by atoms with van der Waals surface area (Å²) in [5.41, 5.74) is 0.355. The average molecular weight is 304 g/mol. The van der Waals surface area contributed by atoms with E-state index >= 15 is 0 Å². The molecule has 1 unspecified atom stereocenters. The first kappa shape index (κ1) is 16.8. The Bertz CT molecular complexity index is 475. The topological polar surface area (TPSA) is 70.6 Å². The molecule has 0 heterocycles. The molecule has 0 aliphatic heterocycles. The van der Waals surface area contributed by atoms with Crippen LogP contribution in [0.15, 0.2) is 36.9 Å². The smallest absolute Gasteiger partial charge is 0.406 e. The van der Waals surface area contributed by atoms with E-state index in [0.717, 1.165) is 12.1 Å². The Morgan fingerprint density at radius 2 is 1.95 bits per heavy atom. The fraction of sp³-hybridized carbons (Fsp3) is 0.308. The number of rotatable bonds is 6. The number of alkyl halides is 3. The van der Waals surface area contributed by atoms with Crippen LogP contribution in [0.2, 0.25) is 0 Å². The molecule has 116 valence electrons. The zero-order chi connectivity index (χ0) is 15.9. The van der Waals surface area contributed by atoms with Crippen LogP contribution in [-0.2, 0) is 0 Å². The van der Waals surface area contributed by atoms with Crippen LogP contribution in [0.3, 0.4) is 0 Å². The lowest BCUT2D eigenvalue weighted by Crippen LogP contribution is -2.37. The Labute approximate surface area is 119 Å². The van der Waals surface area contributed by atoms with Gasteiger partial charge >= 0.3 is 12.4 Å². The van der Waals surface area contributed by atoms with Crippen molar-refractivity contribution in [3.8, 4) is 5.75 Å². The van der Waals surface area contributed by atoms with Crippen molar-refractivity contribution in [3.63, 3.8) is 0 Å². The number of benzene rings is 1. The number of carbonyl (C=O) groups excluding carboxylic acids is 1. The third-order valence-electron chi connectivity index (χ3n) is 2.36. The highest BCUT2D eigenvalue weighted by Crippen LogP contribution is 2.24. The van der Waals surface area contributed by atoms with Gasteiger partial charge in [0.05, 0.1) is 6.10 Å². The number of halogens is 3. The molecular formula is C13H15F3N2O3. The quantitative estimate of drug-likeness (QED) is 0.705. The van der Waals surface area contributed by atoms with Crippen molar-refractivity contribution >= 4 is 6.03 Å². The number of hydrogen-bond acceptors (Lipinski definition) is 3. The van der Waals surface area contributed by atoms with Gasteiger partial charge in [-0.15, -0.1) is 19.8 Å². The van der Waals surface area contributed by atoms with Gasteiger partial charge in [-0.05, 0) is 17.7 Å². The molecule has 0 spiro atoms. The van der Waals surface area contributed by atoms with E-state index in [2.05, 4.69) is 21.9 Å². The van der Waals surface area contributed by atoms with Gasteiger partial charge in [0.15, 0.2) is 0 Å². The number of amides is 2. The third kappa shape index (κ3) is 6.66. The fourth-order valence-electron chi connectivity index (χ4n) is 1.43. The summed E-state index contributed by atoms with van der Waals surface area (Å²) in [6, 6.07) is 4.27. The van der Waals surface area contributed by atoms with Gasteiger partial charge in [-0.25, -0.2) is 4.79 Å². The maximum Gasteiger partial charge on any atom is 0.573 e. The molecule has 0 radical (unpaired) electrons. The Morgan fingerprint density at radius 1 is 1.33 bits per heavy atom. The molecule has 3 N–H and O–H groups in total. The standard InChI is InChI=1S/C13H15F3N2O3/c1-2-7-17-12(20)18-8-11(19)9-3-5-10(6-4-9)21-13(14,15)16/h2-6,11,19H,1,7-8H2,(H2,17,18,20). The minimum atomic E-state index is -4.76. The molecule has 1 rings (SSSR count). The fourth-order valence-corrected chi connectivity index (χ4v) is 1.43. The van der Waals surface area contributed by atoms with Crippen molar-refractivity contribution in [2.75, 3.05) is 13.1 Å². The van der Waals surface area contributed by atoms with E-state index in [9.17, 15) is 23.1 Å². The Morgan fingerprint density at radius 3 is 2.48 bits per heavy atom.